The van der Waals surface area contributed by atoms with Crippen LogP contribution in [0.25, 0.3) is 81.4 Å². The standard InChI is InChI=1S/C24H28N6O3S2.2C18H25N5O2S2.C18H24N4O2S2.C18H11N3O2S/c1-35(31,32)30-7-5-28(6-8-30)16-18-13-21-22(34-18)24(29-9-11-33-12-10-29)27-23(26-21)19-4-2-3-17-14-25-15-20(17)19;1-9-6-12(14(19)24)23(7-9)17(25)22-16-20-10(2)13(27-16)11-8-26-15(21-11)18(3,4)5;1-9-6-7-23(12(9)14(19)24)17(25)22-16-20-10(2)13(27-16)11-8-26-15(21-11)18(3,4)5;1-10-15(11-9-25-17(21-11)18(2,3)4)26-13(20-10)8-14(23)22-7-5-6-12(22)16(19)24;22-17-16(24-18(23)21-17)10-11-1-2-15-14(9-11)13(5-8-20-15)12-3-6-19-7-4-12/h2-4,13,15H,5-12,14,16H2,1H3;2*8-9,12H,6-7H2,1-5H3,(H2,19,24)(H,20,22,25);9,12H,5-8H2,1-4H3,(H2,19,24);1-10H,(H,21,22,23)/b;;;;16-10-/t;2*9-,12-;12-;/m.000./s1. The number of carbonyl (C=O) groups is 8. The van der Waals surface area contributed by atoms with Gasteiger partial charge in [0, 0.05) is 144 Å². The van der Waals surface area contributed by atoms with E-state index in [0.29, 0.717) is 80.5 Å². The Morgan fingerprint density at radius 2 is 1.21 bits per heavy atom. The van der Waals surface area contributed by atoms with Crippen LogP contribution in [-0.2, 0) is 74.5 Å². The number of nitrogens with zero attached hydrogens (tertiary/aromatic N) is 17. The van der Waals surface area contributed by atoms with Gasteiger partial charge in [0.05, 0.1) is 117 Å². The number of aryl methyl sites for hydroxylation is 3. The van der Waals surface area contributed by atoms with Gasteiger partial charge < -0.3 is 41.5 Å². The van der Waals surface area contributed by atoms with E-state index in [1.54, 1.807) is 79.2 Å². The molecule has 0 saturated carbocycles. The van der Waals surface area contributed by atoms with Crippen molar-refractivity contribution < 1.29 is 51.5 Å². The molecule has 12 aromatic rings. The smallest absolute Gasteiger partial charge is 0.324 e. The number of imide groups is 1. The number of aliphatic imine (C=N–C) groups is 1. The molecule has 6 saturated heterocycles. The Morgan fingerprint density at radius 1 is 0.612 bits per heavy atom. The van der Waals surface area contributed by atoms with Crippen molar-refractivity contribution in [1.29, 1.82) is 0 Å². The Labute approximate surface area is 839 Å². The van der Waals surface area contributed by atoms with Crippen LogP contribution in [0, 0.1) is 32.6 Å². The molecule has 2 aromatic carbocycles. The Bertz CT molecular complexity index is 6700. The van der Waals surface area contributed by atoms with Crippen LogP contribution in [0.15, 0.2) is 105 Å². The summed E-state index contributed by atoms with van der Waals surface area (Å²) >= 11 is 11.8. The predicted molar refractivity (Wildman–Crippen MR) is 556 cm³/mol. The van der Waals surface area contributed by atoms with E-state index in [-0.39, 0.29) is 63.6 Å². The van der Waals surface area contributed by atoms with Crippen molar-refractivity contribution in [2.75, 3.05) is 93.9 Å². The van der Waals surface area contributed by atoms with E-state index in [0.717, 1.165) is 187 Å². The molecular formula is C96H113N23O11S9. The van der Waals surface area contributed by atoms with Crippen molar-refractivity contribution in [3.05, 3.63) is 159 Å². The second kappa shape index (κ2) is 43.1. The lowest BCUT2D eigenvalue weighted by Crippen LogP contribution is -2.47. The fourth-order valence-corrected chi connectivity index (χ4v) is 25.3. The molecule has 0 radical (unpaired) electrons. The molecule has 10 aromatic heterocycles. The molecule has 5 atom stereocenters. The summed E-state index contributed by atoms with van der Waals surface area (Å²) in [5.74, 6) is 0.204. The van der Waals surface area contributed by atoms with E-state index in [1.807, 2.05) is 88.0 Å². The number of primary amides is 3. The third-order valence-electron chi connectivity index (χ3n) is 24.1. The Balaban J connectivity index is 0.000000132. The molecule has 0 spiro atoms. The molecule has 9 N–H and O–H groups in total. The van der Waals surface area contributed by atoms with E-state index in [9.17, 15) is 46.8 Å². The molecular weight excluding hydrogens is 1940 g/mol. The van der Waals surface area contributed by atoms with Crippen molar-refractivity contribution in [2.24, 2.45) is 34.0 Å². The number of rotatable bonds is 17. The third-order valence-corrected chi connectivity index (χ3v) is 34.5. The molecule has 10 amide bonds. The molecule has 0 unspecified atom stereocenters. The topological polar surface area (TPSA) is 455 Å². The quantitative estimate of drug-likeness (QED) is 0.0461. The van der Waals surface area contributed by atoms with Crippen LogP contribution in [0.2, 0.25) is 0 Å². The lowest BCUT2D eigenvalue weighted by atomic mass is 9.98. The maximum absolute atomic E-state index is 12.6. The van der Waals surface area contributed by atoms with E-state index < -0.39 is 45.9 Å². The number of anilines is 3. The maximum Gasteiger partial charge on any atom is 0.324 e. The summed E-state index contributed by atoms with van der Waals surface area (Å²) in [6, 6.07) is 17.7. The van der Waals surface area contributed by atoms with E-state index in [1.165, 1.54) is 60.5 Å². The van der Waals surface area contributed by atoms with Crippen molar-refractivity contribution >= 4 is 197 Å². The minimum atomic E-state index is -3.13. The molecule has 6 fully saturated rings. The zero-order chi connectivity index (χ0) is 99.4. The van der Waals surface area contributed by atoms with Gasteiger partial charge in [-0.2, -0.15) is 4.31 Å². The summed E-state index contributed by atoms with van der Waals surface area (Å²) in [7, 11) is -3.13. The van der Waals surface area contributed by atoms with Crippen molar-refractivity contribution in [3.63, 3.8) is 0 Å². The lowest BCUT2D eigenvalue weighted by Gasteiger charge is -2.32. The summed E-state index contributed by atoms with van der Waals surface area (Å²) in [5, 5.41) is 19.6. The number of thioether (sulfide) groups is 1. The van der Waals surface area contributed by atoms with Gasteiger partial charge in [0.15, 0.2) is 21.9 Å². The Morgan fingerprint density at radius 3 is 1.78 bits per heavy atom. The van der Waals surface area contributed by atoms with Gasteiger partial charge in [-0.15, -0.1) is 56.7 Å². The third kappa shape index (κ3) is 24.5. The van der Waals surface area contributed by atoms with Gasteiger partial charge in [-0.3, -0.25) is 64.6 Å². The first-order valence-corrected chi connectivity index (χ1v) is 54.1. The van der Waals surface area contributed by atoms with Gasteiger partial charge in [0.2, 0.25) is 33.7 Å². The molecule has 43 heteroatoms. The van der Waals surface area contributed by atoms with Gasteiger partial charge in [-0.25, -0.2) is 57.9 Å². The van der Waals surface area contributed by atoms with Crippen LogP contribution >= 0.6 is 91.1 Å². The number of morpholine rings is 1. The average Bonchev–Trinajstić information content (AvgIpc) is 1.69. The van der Waals surface area contributed by atoms with E-state index in [4.69, 9.17) is 46.9 Å². The molecule has 17 heterocycles. The zero-order valence-corrected chi connectivity index (χ0v) is 87.4. The number of hydrogen-bond donors (Lipinski definition) is 6. The summed E-state index contributed by atoms with van der Waals surface area (Å²) < 4.78 is 32.0. The number of amides is 10. The highest BCUT2D eigenvalue weighted by atomic mass is 32.2. The van der Waals surface area contributed by atoms with Crippen molar-refractivity contribution in [3.8, 4) is 54.2 Å². The van der Waals surface area contributed by atoms with Crippen LogP contribution in [0.5, 0.6) is 0 Å². The first kappa shape index (κ1) is 102. The Hall–Kier alpha value is -11.2. The number of nitrogens with one attached hydrogen (secondary N) is 3. The minimum absolute atomic E-state index is 0.00518. The van der Waals surface area contributed by atoms with Crippen LogP contribution in [0.1, 0.15) is 161 Å². The number of likely N-dealkylation sites (tertiary alicyclic amines) is 3. The van der Waals surface area contributed by atoms with Crippen LogP contribution in [-0.4, -0.2) is 232 Å². The number of pyridine rings is 2. The first-order valence-electron chi connectivity index (χ1n) is 45.6. The lowest BCUT2D eigenvalue weighted by molar-refractivity contribution is -0.136. The number of aromatic nitrogens is 10. The predicted octanol–water partition coefficient (Wildman–Crippen LogP) is 15.9. The number of thiophene rings is 1. The van der Waals surface area contributed by atoms with Gasteiger partial charge in [-0.1, -0.05) is 123 Å². The SMILES string of the molecule is CS(=O)(=O)N1CCN(Cc2cc3nc(-c4cccc5c4C=NC5)nc(N4CCOCC4)c3s2)CC1.Cc1nc(CC(=O)N2CCC[C@H]2C(N)=O)sc1-c1csc(C(C)(C)C)n1.Cc1nc(NC(=O)N2CC[C@H](C)[C@H]2C(N)=O)sc1-c1csc(C(C)(C)C)n1.Cc1nc(NC(=O)N2C[C@@H](C)C[C@H]2C(N)=O)sc1-c1csc(C(C)(C)C)n1.O=C1NC(=O)/C(=C/c2ccc3nccc(-c4ccncc4)c3c2)S1. The summed E-state index contributed by atoms with van der Waals surface area (Å²) in [6.45, 7) is 37.5. The molecule has 19 rings (SSSR count). The second-order valence-electron chi connectivity index (χ2n) is 38.1. The monoisotopic (exact) mass is 2050 g/mol. The number of ether oxygens (including phenoxy) is 1. The van der Waals surface area contributed by atoms with Gasteiger partial charge in [0.25, 0.3) is 11.1 Å². The minimum Gasteiger partial charge on any atom is -0.378 e. The molecule has 34 nitrogen and oxygen atoms in total. The van der Waals surface area contributed by atoms with Gasteiger partial charge in [-0.05, 0) is 135 Å². The largest absolute Gasteiger partial charge is 0.378 e. The van der Waals surface area contributed by atoms with Gasteiger partial charge in [0.1, 0.15) is 23.1 Å². The average molecular weight is 2050 g/mol. The molecule has 0 bridgehead atoms. The maximum atomic E-state index is 12.6. The summed E-state index contributed by atoms with van der Waals surface area (Å²) in [5.41, 5.74) is 29.6. The fourth-order valence-electron chi connectivity index (χ4n) is 16.9. The molecule has 0 aliphatic carbocycles. The first-order chi connectivity index (χ1) is 66.0. The summed E-state index contributed by atoms with van der Waals surface area (Å²) in [4.78, 5) is 160. The molecule has 7 aliphatic rings. The molecule has 732 valence electrons. The number of benzene rings is 2. The van der Waals surface area contributed by atoms with Crippen molar-refractivity contribution in [1.82, 2.24) is 79.1 Å². The van der Waals surface area contributed by atoms with E-state index >= 15 is 0 Å². The number of hydrogen-bond acceptors (Lipinski definition) is 32. The number of piperazine rings is 1. The van der Waals surface area contributed by atoms with Crippen LogP contribution in [0.4, 0.5) is 30.5 Å². The van der Waals surface area contributed by atoms with Crippen LogP contribution < -0.4 is 38.1 Å². The van der Waals surface area contributed by atoms with Crippen molar-refractivity contribution in [2.45, 2.75) is 176 Å². The normalized spacial score (nSPS) is 18.8. The van der Waals surface area contributed by atoms with Crippen LogP contribution in [0.3, 0.4) is 0 Å². The number of sulfonamides is 1. The van der Waals surface area contributed by atoms with Gasteiger partial charge >= 0.3 is 12.1 Å². The highest BCUT2D eigenvalue weighted by Crippen LogP contribution is 2.43. The molecule has 7 aliphatic heterocycles. The Kier molecular flexibility index (Phi) is 31.7. The number of thiazole rings is 6. The number of fused-ring (bicyclic) bond motifs is 3. The summed E-state index contributed by atoms with van der Waals surface area (Å²) in [6.07, 6.45) is 13.2. The highest BCUT2D eigenvalue weighted by molar-refractivity contribution is 8.18. The fraction of sp³-hybridized carbons (Fsp3) is 0.427. The highest BCUT2D eigenvalue weighted by Gasteiger charge is 2.41. The molecule has 139 heavy (non-hydrogen) atoms. The zero-order valence-electron chi connectivity index (χ0n) is 80.0. The number of urea groups is 2. The second-order valence-corrected chi connectivity index (χ2v) is 47.9. The number of nitrogens with two attached hydrogens (primary N) is 3. The van der Waals surface area contributed by atoms with E-state index in [2.05, 4.69) is 148 Å². The number of carbonyl (C=O) groups excluding carboxylic acids is 8.